The number of rotatable bonds is 2. The van der Waals surface area contributed by atoms with Gasteiger partial charge >= 0.3 is 0 Å². The minimum absolute atomic E-state index is 0.213. The number of benzene rings is 1. The minimum Gasteiger partial charge on any atom is -0.321 e. The number of aryl methyl sites for hydroxylation is 1. The van der Waals surface area contributed by atoms with Crippen molar-refractivity contribution >= 4 is 27.5 Å². The van der Waals surface area contributed by atoms with Gasteiger partial charge in [-0.15, -0.1) is 0 Å². The largest absolute Gasteiger partial charge is 0.321 e. The zero-order valence-electron chi connectivity index (χ0n) is 9.27. The topological polar surface area (TPSA) is 42.0 Å². The van der Waals surface area contributed by atoms with Gasteiger partial charge in [-0.25, -0.2) is 0 Å². The number of halogens is 1. The standard InChI is InChI=1S/C13H11BrN2O/c1-9-2-4-11(5-3-9)16-13(17)12-8-10(14)6-7-15-12/h2-8H,1H3,(H,16,17). The van der Waals surface area contributed by atoms with Crippen LogP contribution in [-0.2, 0) is 0 Å². The highest BCUT2D eigenvalue weighted by Gasteiger charge is 2.07. The Balaban J connectivity index is 2.14. The van der Waals surface area contributed by atoms with Gasteiger partial charge in [-0.05, 0) is 31.2 Å². The average molecular weight is 291 g/mol. The smallest absolute Gasteiger partial charge is 0.274 e. The van der Waals surface area contributed by atoms with E-state index in [2.05, 4.69) is 26.2 Å². The van der Waals surface area contributed by atoms with Crippen molar-refractivity contribution < 1.29 is 4.79 Å². The second-order valence-electron chi connectivity index (χ2n) is 3.68. The van der Waals surface area contributed by atoms with Crippen LogP contribution in [0, 0.1) is 6.92 Å². The van der Waals surface area contributed by atoms with Crippen molar-refractivity contribution in [3.63, 3.8) is 0 Å². The molecule has 0 aliphatic heterocycles. The quantitative estimate of drug-likeness (QED) is 0.921. The van der Waals surface area contributed by atoms with E-state index in [4.69, 9.17) is 0 Å². The van der Waals surface area contributed by atoms with E-state index in [9.17, 15) is 4.79 Å². The Labute approximate surface area is 108 Å². The number of carbonyl (C=O) groups excluding carboxylic acids is 1. The van der Waals surface area contributed by atoms with E-state index < -0.39 is 0 Å². The molecule has 1 amide bonds. The van der Waals surface area contributed by atoms with E-state index in [-0.39, 0.29) is 5.91 Å². The van der Waals surface area contributed by atoms with Crippen molar-refractivity contribution in [1.82, 2.24) is 4.98 Å². The lowest BCUT2D eigenvalue weighted by atomic mass is 10.2. The third kappa shape index (κ3) is 3.14. The third-order valence-electron chi connectivity index (χ3n) is 2.26. The number of hydrogen-bond acceptors (Lipinski definition) is 2. The first-order valence-corrected chi connectivity index (χ1v) is 5.94. The van der Waals surface area contributed by atoms with Crippen LogP contribution in [0.4, 0.5) is 5.69 Å². The number of nitrogens with one attached hydrogen (secondary N) is 1. The van der Waals surface area contributed by atoms with Gasteiger partial charge < -0.3 is 5.32 Å². The summed E-state index contributed by atoms with van der Waals surface area (Å²) >= 11 is 3.31. The van der Waals surface area contributed by atoms with Crippen LogP contribution in [-0.4, -0.2) is 10.9 Å². The first-order chi connectivity index (χ1) is 8.15. The number of carbonyl (C=O) groups is 1. The van der Waals surface area contributed by atoms with Crippen LogP contribution in [0.3, 0.4) is 0 Å². The zero-order valence-corrected chi connectivity index (χ0v) is 10.9. The summed E-state index contributed by atoms with van der Waals surface area (Å²) in [6.07, 6.45) is 1.59. The summed E-state index contributed by atoms with van der Waals surface area (Å²) in [7, 11) is 0. The molecule has 4 heteroatoms. The van der Waals surface area contributed by atoms with Crippen molar-refractivity contribution in [3.8, 4) is 0 Å². The van der Waals surface area contributed by atoms with Crippen LogP contribution in [0.15, 0.2) is 47.1 Å². The fraction of sp³-hybridized carbons (Fsp3) is 0.0769. The summed E-state index contributed by atoms with van der Waals surface area (Å²) in [5.41, 5.74) is 2.31. The Morgan fingerprint density at radius 3 is 2.59 bits per heavy atom. The highest BCUT2D eigenvalue weighted by molar-refractivity contribution is 9.10. The van der Waals surface area contributed by atoms with Crippen LogP contribution in [0.2, 0.25) is 0 Å². The molecule has 0 saturated carbocycles. The van der Waals surface area contributed by atoms with Crippen molar-refractivity contribution in [3.05, 3.63) is 58.3 Å². The van der Waals surface area contributed by atoms with Crippen molar-refractivity contribution in [2.45, 2.75) is 6.92 Å². The molecule has 2 aromatic rings. The van der Waals surface area contributed by atoms with Gasteiger partial charge in [0.1, 0.15) is 5.69 Å². The maximum Gasteiger partial charge on any atom is 0.274 e. The molecule has 17 heavy (non-hydrogen) atoms. The highest BCUT2D eigenvalue weighted by Crippen LogP contribution is 2.12. The fourth-order valence-electron chi connectivity index (χ4n) is 1.36. The van der Waals surface area contributed by atoms with Gasteiger partial charge in [0.05, 0.1) is 0 Å². The summed E-state index contributed by atoms with van der Waals surface area (Å²) in [6, 6.07) is 11.1. The molecule has 0 spiro atoms. The van der Waals surface area contributed by atoms with E-state index >= 15 is 0 Å². The predicted molar refractivity (Wildman–Crippen MR) is 71.1 cm³/mol. The molecule has 0 aliphatic carbocycles. The molecule has 2 rings (SSSR count). The first-order valence-electron chi connectivity index (χ1n) is 5.15. The average Bonchev–Trinajstić information content (AvgIpc) is 2.32. The molecule has 0 fully saturated rings. The first kappa shape index (κ1) is 11.8. The lowest BCUT2D eigenvalue weighted by molar-refractivity contribution is 0.102. The fourth-order valence-corrected chi connectivity index (χ4v) is 1.70. The minimum atomic E-state index is -0.213. The maximum absolute atomic E-state index is 11.9. The highest BCUT2D eigenvalue weighted by atomic mass is 79.9. The monoisotopic (exact) mass is 290 g/mol. The number of amides is 1. The van der Waals surface area contributed by atoms with E-state index in [1.54, 1.807) is 18.3 Å². The predicted octanol–water partition coefficient (Wildman–Crippen LogP) is 3.40. The van der Waals surface area contributed by atoms with Gasteiger partial charge in [0.2, 0.25) is 0 Å². The van der Waals surface area contributed by atoms with E-state index in [1.165, 1.54) is 0 Å². The molecule has 0 aliphatic rings. The zero-order chi connectivity index (χ0) is 12.3. The summed E-state index contributed by atoms with van der Waals surface area (Å²) in [6.45, 7) is 2.00. The second-order valence-corrected chi connectivity index (χ2v) is 4.60. The van der Waals surface area contributed by atoms with Crippen molar-refractivity contribution in [2.75, 3.05) is 5.32 Å². The van der Waals surface area contributed by atoms with E-state index in [0.29, 0.717) is 5.69 Å². The molecule has 3 nitrogen and oxygen atoms in total. The second kappa shape index (κ2) is 5.10. The Bertz CT molecular complexity index is 537. The summed E-state index contributed by atoms with van der Waals surface area (Å²) in [5.74, 6) is -0.213. The molecule has 1 heterocycles. The van der Waals surface area contributed by atoms with Gasteiger partial charge in [0, 0.05) is 16.4 Å². The Kier molecular flexibility index (Phi) is 3.54. The normalized spacial score (nSPS) is 10.0. The maximum atomic E-state index is 11.9. The molecule has 86 valence electrons. The molecular weight excluding hydrogens is 280 g/mol. The lowest BCUT2D eigenvalue weighted by Gasteiger charge is -2.05. The SMILES string of the molecule is Cc1ccc(NC(=O)c2cc(Br)ccn2)cc1. The third-order valence-corrected chi connectivity index (χ3v) is 2.76. The van der Waals surface area contributed by atoms with Crippen LogP contribution >= 0.6 is 15.9 Å². The summed E-state index contributed by atoms with van der Waals surface area (Å²) in [4.78, 5) is 15.9. The lowest BCUT2D eigenvalue weighted by Crippen LogP contribution is -2.13. The molecular formula is C13H11BrN2O. The molecule has 0 atom stereocenters. The molecule has 1 aromatic carbocycles. The Hall–Kier alpha value is -1.68. The Morgan fingerprint density at radius 1 is 1.24 bits per heavy atom. The van der Waals surface area contributed by atoms with Gasteiger partial charge in [-0.2, -0.15) is 0 Å². The van der Waals surface area contributed by atoms with E-state index in [0.717, 1.165) is 15.7 Å². The molecule has 0 saturated heterocycles. The van der Waals surface area contributed by atoms with E-state index in [1.807, 2.05) is 31.2 Å². The van der Waals surface area contributed by atoms with Gasteiger partial charge in [-0.1, -0.05) is 33.6 Å². The number of anilines is 1. The molecule has 0 unspecified atom stereocenters. The molecule has 0 radical (unpaired) electrons. The van der Waals surface area contributed by atoms with Crippen LogP contribution < -0.4 is 5.32 Å². The number of nitrogens with zero attached hydrogens (tertiary/aromatic N) is 1. The van der Waals surface area contributed by atoms with Crippen molar-refractivity contribution in [2.24, 2.45) is 0 Å². The number of aromatic nitrogens is 1. The van der Waals surface area contributed by atoms with Gasteiger partial charge in [0.15, 0.2) is 0 Å². The van der Waals surface area contributed by atoms with Gasteiger partial charge in [0.25, 0.3) is 5.91 Å². The number of hydrogen-bond donors (Lipinski definition) is 1. The molecule has 1 aromatic heterocycles. The van der Waals surface area contributed by atoms with Crippen molar-refractivity contribution in [1.29, 1.82) is 0 Å². The molecule has 1 N–H and O–H groups in total. The summed E-state index contributed by atoms with van der Waals surface area (Å²) < 4.78 is 0.835. The van der Waals surface area contributed by atoms with Gasteiger partial charge in [-0.3, -0.25) is 9.78 Å². The van der Waals surface area contributed by atoms with Crippen LogP contribution in [0.1, 0.15) is 16.1 Å². The Morgan fingerprint density at radius 2 is 1.94 bits per heavy atom. The van der Waals surface area contributed by atoms with Crippen LogP contribution in [0.5, 0.6) is 0 Å². The molecule has 0 bridgehead atoms. The number of pyridine rings is 1. The summed E-state index contributed by atoms with van der Waals surface area (Å²) in [5, 5.41) is 2.79. The van der Waals surface area contributed by atoms with Crippen LogP contribution in [0.25, 0.3) is 0 Å².